The second-order valence-corrected chi connectivity index (χ2v) is 7.53. The number of rotatable bonds is 7. The number of carbonyl (C=O) groups is 3. The third-order valence-corrected chi connectivity index (χ3v) is 4.86. The predicted octanol–water partition coefficient (Wildman–Crippen LogP) is 2.98. The standard InChI is InChI=1S/C21H23ClN4O3/c1-24(2)10-5-11-25(14-27)13-20(28)26-18-7-4-3-6-16(18)21(29)23-17-12-15(22)8-9-19(17)26/h3-4,6-9,12,14H,5,10-11,13H2,1-2H3,(H,23,29). The van der Waals surface area contributed by atoms with Crippen LogP contribution in [0.3, 0.4) is 0 Å². The molecule has 2 aromatic rings. The van der Waals surface area contributed by atoms with E-state index >= 15 is 0 Å². The summed E-state index contributed by atoms with van der Waals surface area (Å²) in [5, 5.41) is 3.26. The SMILES string of the molecule is CN(C)CCCN(C=O)CC(=O)N1c2ccc(Cl)cc2NC(=O)c2ccccc21. The van der Waals surface area contributed by atoms with Crippen molar-refractivity contribution in [3.63, 3.8) is 0 Å². The summed E-state index contributed by atoms with van der Waals surface area (Å²) < 4.78 is 0. The van der Waals surface area contributed by atoms with E-state index in [0.29, 0.717) is 40.6 Å². The number of hydrogen-bond acceptors (Lipinski definition) is 4. The molecule has 1 aliphatic heterocycles. The van der Waals surface area contributed by atoms with Crippen LogP contribution in [-0.2, 0) is 9.59 Å². The van der Waals surface area contributed by atoms with E-state index in [9.17, 15) is 14.4 Å². The van der Waals surface area contributed by atoms with E-state index in [1.807, 2.05) is 19.0 Å². The first-order valence-electron chi connectivity index (χ1n) is 9.27. The van der Waals surface area contributed by atoms with Crippen molar-refractivity contribution in [1.29, 1.82) is 0 Å². The summed E-state index contributed by atoms with van der Waals surface area (Å²) in [7, 11) is 3.91. The summed E-state index contributed by atoms with van der Waals surface area (Å²) in [6.07, 6.45) is 1.44. The summed E-state index contributed by atoms with van der Waals surface area (Å²) in [5.41, 5.74) is 1.79. The Morgan fingerprint density at radius 2 is 1.90 bits per heavy atom. The molecule has 1 aliphatic rings. The normalized spacial score (nSPS) is 12.7. The zero-order valence-electron chi connectivity index (χ0n) is 16.4. The van der Waals surface area contributed by atoms with Crippen molar-refractivity contribution in [2.75, 3.05) is 43.9 Å². The molecule has 8 heteroatoms. The Kier molecular flexibility index (Phi) is 6.51. The smallest absolute Gasteiger partial charge is 0.257 e. The van der Waals surface area contributed by atoms with Gasteiger partial charge in [-0.05, 0) is 57.4 Å². The van der Waals surface area contributed by atoms with E-state index in [-0.39, 0.29) is 18.4 Å². The third-order valence-electron chi connectivity index (χ3n) is 4.62. The topological polar surface area (TPSA) is 73.0 Å². The molecular weight excluding hydrogens is 392 g/mol. The van der Waals surface area contributed by atoms with E-state index in [0.717, 1.165) is 13.0 Å². The minimum atomic E-state index is -0.322. The van der Waals surface area contributed by atoms with Gasteiger partial charge in [-0.15, -0.1) is 0 Å². The van der Waals surface area contributed by atoms with Crippen molar-refractivity contribution >= 4 is 46.9 Å². The maximum Gasteiger partial charge on any atom is 0.257 e. The van der Waals surface area contributed by atoms with Crippen molar-refractivity contribution in [3.8, 4) is 0 Å². The molecule has 0 unspecified atom stereocenters. The quantitative estimate of drug-likeness (QED) is 0.707. The van der Waals surface area contributed by atoms with Crippen LogP contribution < -0.4 is 10.2 Å². The molecule has 0 fully saturated rings. The number of anilines is 3. The number of benzene rings is 2. The number of nitrogens with zero attached hydrogens (tertiary/aromatic N) is 3. The van der Waals surface area contributed by atoms with Crippen LogP contribution in [0.2, 0.25) is 5.02 Å². The van der Waals surface area contributed by atoms with Crippen molar-refractivity contribution < 1.29 is 14.4 Å². The lowest BCUT2D eigenvalue weighted by atomic mass is 10.1. The fourth-order valence-corrected chi connectivity index (χ4v) is 3.43. The molecule has 0 saturated heterocycles. The first-order chi connectivity index (χ1) is 13.9. The Balaban J connectivity index is 1.94. The molecule has 7 nitrogen and oxygen atoms in total. The van der Waals surface area contributed by atoms with E-state index < -0.39 is 0 Å². The molecule has 0 aromatic heterocycles. The predicted molar refractivity (Wildman–Crippen MR) is 114 cm³/mol. The van der Waals surface area contributed by atoms with Crippen LogP contribution in [0.15, 0.2) is 42.5 Å². The highest BCUT2D eigenvalue weighted by atomic mass is 35.5. The van der Waals surface area contributed by atoms with Gasteiger partial charge in [-0.3, -0.25) is 19.3 Å². The maximum atomic E-state index is 13.3. The lowest BCUT2D eigenvalue weighted by molar-refractivity contribution is -0.126. The summed E-state index contributed by atoms with van der Waals surface area (Å²) in [5.74, 6) is -0.632. The summed E-state index contributed by atoms with van der Waals surface area (Å²) >= 11 is 6.09. The number of carbonyl (C=O) groups excluding carboxylic acids is 3. The molecule has 0 atom stereocenters. The average Bonchev–Trinajstić information content (AvgIpc) is 2.80. The van der Waals surface area contributed by atoms with Crippen LogP contribution in [0, 0.1) is 0 Å². The van der Waals surface area contributed by atoms with Crippen LogP contribution in [-0.4, -0.2) is 61.8 Å². The lowest BCUT2D eigenvalue weighted by Gasteiger charge is -2.27. The van der Waals surface area contributed by atoms with Gasteiger partial charge in [0.25, 0.3) is 11.8 Å². The number of para-hydroxylation sites is 1. The van der Waals surface area contributed by atoms with Crippen molar-refractivity contribution in [2.45, 2.75) is 6.42 Å². The largest absolute Gasteiger partial charge is 0.336 e. The highest BCUT2D eigenvalue weighted by Gasteiger charge is 2.30. The molecule has 0 spiro atoms. The number of amides is 3. The Hall–Kier alpha value is -2.90. The molecular formula is C21H23ClN4O3. The molecule has 152 valence electrons. The van der Waals surface area contributed by atoms with E-state index in [1.165, 1.54) is 9.80 Å². The zero-order valence-corrected chi connectivity index (χ0v) is 17.1. The van der Waals surface area contributed by atoms with E-state index in [1.54, 1.807) is 42.5 Å². The highest BCUT2D eigenvalue weighted by Crippen LogP contribution is 2.39. The fraction of sp³-hybridized carbons (Fsp3) is 0.286. The van der Waals surface area contributed by atoms with Gasteiger partial charge in [0.15, 0.2) is 0 Å². The zero-order chi connectivity index (χ0) is 21.0. The average molecular weight is 415 g/mol. The van der Waals surface area contributed by atoms with Crippen LogP contribution >= 0.6 is 11.6 Å². The maximum absolute atomic E-state index is 13.3. The Morgan fingerprint density at radius 3 is 2.62 bits per heavy atom. The molecule has 0 aliphatic carbocycles. The van der Waals surface area contributed by atoms with E-state index in [2.05, 4.69) is 5.32 Å². The molecule has 29 heavy (non-hydrogen) atoms. The van der Waals surface area contributed by atoms with Gasteiger partial charge in [-0.1, -0.05) is 23.7 Å². The monoisotopic (exact) mass is 414 g/mol. The number of nitrogens with one attached hydrogen (secondary N) is 1. The van der Waals surface area contributed by atoms with Gasteiger partial charge in [0, 0.05) is 11.6 Å². The number of halogens is 1. The van der Waals surface area contributed by atoms with Crippen molar-refractivity contribution in [1.82, 2.24) is 9.80 Å². The summed E-state index contributed by atoms with van der Waals surface area (Å²) in [4.78, 5) is 42.4. The molecule has 0 saturated carbocycles. The van der Waals surface area contributed by atoms with Crippen molar-refractivity contribution in [3.05, 3.63) is 53.1 Å². The summed E-state index contributed by atoms with van der Waals surface area (Å²) in [6.45, 7) is 1.18. The Labute approximate surface area is 174 Å². The minimum absolute atomic E-state index is 0.0957. The van der Waals surface area contributed by atoms with Gasteiger partial charge in [-0.25, -0.2) is 0 Å². The van der Waals surface area contributed by atoms with Crippen LogP contribution in [0.4, 0.5) is 17.1 Å². The second kappa shape index (κ2) is 9.07. The molecule has 2 aromatic carbocycles. The third kappa shape index (κ3) is 4.75. The molecule has 0 radical (unpaired) electrons. The first-order valence-corrected chi connectivity index (χ1v) is 9.65. The van der Waals surface area contributed by atoms with Gasteiger partial charge in [-0.2, -0.15) is 0 Å². The minimum Gasteiger partial charge on any atom is -0.336 e. The van der Waals surface area contributed by atoms with Gasteiger partial charge in [0.05, 0.1) is 22.6 Å². The van der Waals surface area contributed by atoms with E-state index in [4.69, 9.17) is 11.6 Å². The number of fused-ring (bicyclic) bond motifs is 2. The number of hydrogen-bond donors (Lipinski definition) is 1. The van der Waals surface area contributed by atoms with Crippen molar-refractivity contribution in [2.24, 2.45) is 0 Å². The molecule has 0 bridgehead atoms. The Bertz CT molecular complexity index is 932. The van der Waals surface area contributed by atoms with Gasteiger partial charge in [0.2, 0.25) is 6.41 Å². The first kappa shape index (κ1) is 20.8. The molecule has 3 amide bonds. The van der Waals surface area contributed by atoms with Crippen LogP contribution in [0.1, 0.15) is 16.8 Å². The second-order valence-electron chi connectivity index (χ2n) is 7.09. The van der Waals surface area contributed by atoms with Crippen LogP contribution in [0.5, 0.6) is 0 Å². The fourth-order valence-electron chi connectivity index (χ4n) is 3.26. The lowest BCUT2D eigenvalue weighted by Crippen LogP contribution is -2.38. The van der Waals surface area contributed by atoms with Gasteiger partial charge >= 0.3 is 0 Å². The van der Waals surface area contributed by atoms with Gasteiger partial charge in [0.1, 0.15) is 6.54 Å². The molecule has 3 rings (SSSR count). The summed E-state index contributed by atoms with van der Waals surface area (Å²) in [6, 6.07) is 11.8. The highest BCUT2D eigenvalue weighted by molar-refractivity contribution is 6.31. The molecule has 1 heterocycles. The molecule has 1 N–H and O–H groups in total. The van der Waals surface area contributed by atoms with Crippen LogP contribution in [0.25, 0.3) is 0 Å². The van der Waals surface area contributed by atoms with Gasteiger partial charge < -0.3 is 15.1 Å². The Morgan fingerprint density at radius 1 is 1.14 bits per heavy atom.